The molecule has 0 fully saturated rings. The van der Waals surface area contributed by atoms with Gasteiger partial charge in [0.05, 0.1) is 25.2 Å². The van der Waals surface area contributed by atoms with Crippen molar-refractivity contribution in [3.8, 4) is 5.75 Å². The molecule has 0 aliphatic carbocycles. The minimum absolute atomic E-state index is 0.119. The molecule has 0 atom stereocenters. The minimum Gasteiger partial charge on any atom is -0.497 e. The molecule has 0 saturated carbocycles. The van der Waals surface area contributed by atoms with E-state index in [1.165, 1.54) is 6.07 Å². The summed E-state index contributed by atoms with van der Waals surface area (Å²) in [5, 5.41) is 8.58. The largest absolute Gasteiger partial charge is 0.497 e. The summed E-state index contributed by atoms with van der Waals surface area (Å²) in [6.45, 7) is 2.87. The van der Waals surface area contributed by atoms with Crippen LogP contribution in [0.3, 0.4) is 0 Å². The van der Waals surface area contributed by atoms with Crippen LogP contribution in [0.5, 0.6) is 5.75 Å². The molecule has 4 rings (SSSR count). The number of fused-ring (bicyclic) bond motifs is 1. The number of rotatable bonds is 7. The molecular formula is C22H21ClFN5O. The number of anilines is 1. The maximum atomic E-state index is 14.1. The highest BCUT2D eigenvalue weighted by molar-refractivity contribution is 6.28. The van der Waals surface area contributed by atoms with Crippen molar-refractivity contribution in [2.75, 3.05) is 12.4 Å². The molecule has 0 amide bonds. The number of ether oxygens (including phenoxy) is 1. The molecule has 2 aromatic carbocycles. The Labute approximate surface area is 178 Å². The Balaban J connectivity index is 1.58. The highest BCUT2D eigenvalue weighted by Gasteiger charge is 2.13. The van der Waals surface area contributed by atoms with Crippen molar-refractivity contribution in [2.45, 2.75) is 26.4 Å². The van der Waals surface area contributed by atoms with E-state index in [1.807, 2.05) is 37.3 Å². The van der Waals surface area contributed by atoms with Crippen LogP contribution in [0, 0.1) is 5.82 Å². The third kappa shape index (κ3) is 4.21. The van der Waals surface area contributed by atoms with Crippen LogP contribution in [0.15, 0.2) is 48.7 Å². The van der Waals surface area contributed by atoms with Crippen molar-refractivity contribution in [2.24, 2.45) is 0 Å². The first kappa shape index (κ1) is 20.1. The molecule has 4 aromatic rings. The molecule has 2 heterocycles. The smallest absolute Gasteiger partial charge is 0.226 e. The molecule has 30 heavy (non-hydrogen) atoms. The summed E-state index contributed by atoms with van der Waals surface area (Å²) in [5.41, 5.74) is 3.15. The standard InChI is InChI=1S/C22H21ClFN5O/c1-3-16-7-4-15(10-19(16)24)13-29-21-18(12-26-29)20(27-22(23)28-21)25-11-14-5-8-17(30-2)9-6-14/h4-10,12H,3,11,13H2,1-2H3,(H,25,27,28). The average molecular weight is 426 g/mol. The van der Waals surface area contributed by atoms with Gasteiger partial charge in [-0.15, -0.1) is 0 Å². The molecule has 0 aliphatic rings. The Hall–Kier alpha value is -3.19. The third-order valence-corrected chi connectivity index (χ3v) is 5.09. The lowest BCUT2D eigenvalue weighted by molar-refractivity contribution is 0.414. The minimum atomic E-state index is -0.207. The zero-order chi connectivity index (χ0) is 21.1. The van der Waals surface area contributed by atoms with Gasteiger partial charge in [-0.05, 0) is 52.9 Å². The Morgan fingerprint density at radius 2 is 1.87 bits per heavy atom. The van der Waals surface area contributed by atoms with E-state index in [-0.39, 0.29) is 11.1 Å². The van der Waals surface area contributed by atoms with Gasteiger partial charge in [0.15, 0.2) is 5.65 Å². The average Bonchev–Trinajstić information content (AvgIpc) is 3.15. The quantitative estimate of drug-likeness (QED) is 0.429. The monoisotopic (exact) mass is 425 g/mol. The fraction of sp³-hybridized carbons (Fsp3) is 0.227. The van der Waals surface area contributed by atoms with E-state index in [1.54, 1.807) is 24.1 Å². The fourth-order valence-corrected chi connectivity index (χ4v) is 3.42. The van der Waals surface area contributed by atoms with E-state index in [0.29, 0.717) is 36.5 Å². The van der Waals surface area contributed by atoms with Crippen molar-refractivity contribution in [1.29, 1.82) is 0 Å². The Kier molecular flexibility index (Phi) is 5.81. The van der Waals surface area contributed by atoms with Crippen molar-refractivity contribution < 1.29 is 9.13 Å². The third-order valence-electron chi connectivity index (χ3n) is 4.92. The number of nitrogens with zero attached hydrogens (tertiary/aromatic N) is 4. The van der Waals surface area contributed by atoms with Gasteiger partial charge in [-0.2, -0.15) is 15.1 Å². The molecule has 6 nitrogen and oxygen atoms in total. The maximum absolute atomic E-state index is 14.1. The van der Waals surface area contributed by atoms with Gasteiger partial charge in [0.1, 0.15) is 17.4 Å². The first-order valence-corrected chi connectivity index (χ1v) is 9.98. The predicted molar refractivity (Wildman–Crippen MR) is 116 cm³/mol. The van der Waals surface area contributed by atoms with Gasteiger partial charge < -0.3 is 10.1 Å². The number of nitrogens with one attached hydrogen (secondary N) is 1. The van der Waals surface area contributed by atoms with E-state index in [4.69, 9.17) is 16.3 Å². The van der Waals surface area contributed by atoms with Crippen LogP contribution in [0.25, 0.3) is 11.0 Å². The predicted octanol–water partition coefficient (Wildman–Crippen LogP) is 4.85. The normalized spacial score (nSPS) is 11.1. The lowest BCUT2D eigenvalue weighted by Crippen LogP contribution is -2.06. The number of hydrogen-bond donors (Lipinski definition) is 1. The summed E-state index contributed by atoms with van der Waals surface area (Å²) >= 11 is 6.16. The van der Waals surface area contributed by atoms with Crippen molar-refractivity contribution in [1.82, 2.24) is 19.7 Å². The highest BCUT2D eigenvalue weighted by atomic mass is 35.5. The molecule has 0 bridgehead atoms. The van der Waals surface area contributed by atoms with E-state index in [9.17, 15) is 4.39 Å². The first-order valence-electron chi connectivity index (χ1n) is 9.60. The van der Waals surface area contributed by atoms with Gasteiger partial charge in [-0.1, -0.05) is 31.2 Å². The van der Waals surface area contributed by atoms with Crippen LogP contribution in [0.4, 0.5) is 10.2 Å². The molecule has 0 spiro atoms. The Bertz CT molecular complexity index is 1180. The number of benzene rings is 2. The van der Waals surface area contributed by atoms with E-state index < -0.39 is 0 Å². The van der Waals surface area contributed by atoms with Crippen molar-refractivity contribution >= 4 is 28.5 Å². The van der Waals surface area contributed by atoms with Crippen molar-refractivity contribution in [3.63, 3.8) is 0 Å². The van der Waals surface area contributed by atoms with E-state index >= 15 is 0 Å². The van der Waals surface area contributed by atoms with Gasteiger partial charge in [0, 0.05) is 6.54 Å². The molecule has 0 saturated heterocycles. The summed E-state index contributed by atoms with van der Waals surface area (Å²) in [5.74, 6) is 1.19. The SMILES string of the molecule is CCc1ccc(Cn2ncc3c(NCc4ccc(OC)cc4)nc(Cl)nc32)cc1F. The number of aryl methyl sites for hydroxylation is 1. The molecular weight excluding hydrogens is 405 g/mol. The van der Waals surface area contributed by atoms with Crippen LogP contribution in [0.1, 0.15) is 23.6 Å². The van der Waals surface area contributed by atoms with Crippen LogP contribution in [-0.4, -0.2) is 26.9 Å². The number of hydrogen-bond acceptors (Lipinski definition) is 5. The second kappa shape index (κ2) is 8.67. The number of methoxy groups -OCH3 is 1. The zero-order valence-electron chi connectivity index (χ0n) is 16.7. The topological polar surface area (TPSA) is 64.9 Å². The van der Waals surface area contributed by atoms with Gasteiger partial charge >= 0.3 is 0 Å². The maximum Gasteiger partial charge on any atom is 0.226 e. The summed E-state index contributed by atoms with van der Waals surface area (Å²) in [4.78, 5) is 8.64. The molecule has 8 heteroatoms. The van der Waals surface area contributed by atoms with Crippen LogP contribution in [0.2, 0.25) is 5.28 Å². The summed E-state index contributed by atoms with van der Waals surface area (Å²) < 4.78 is 21.0. The Morgan fingerprint density at radius 1 is 1.10 bits per heavy atom. The van der Waals surface area contributed by atoms with Crippen LogP contribution >= 0.6 is 11.6 Å². The van der Waals surface area contributed by atoms with Gasteiger partial charge in [0.25, 0.3) is 0 Å². The van der Waals surface area contributed by atoms with E-state index in [2.05, 4.69) is 20.4 Å². The van der Waals surface area contributed by atoms with Gasteiger partial charge in [0.2, 0.25) is 5.28 Å². The highest BCUT2D eigenvalue weighted by Crippen LogP contribution is 2.24. The number of aromatic nitrogens is 4. The molecule has 154 valence electrons. The summed E-state index contributed by atoms with van der Waals surface area (Å²) in [6.07, 6.45) is 2.35. The molecule has 2 aromatic heterocycles. The summed E-state index contributed by atoms with van der Waals surface area (Å²) in [7, 11) is 1.64. The lowest BCUT2D eigenvalue weighted by atomic mass is 10.1. The molecule has 0 radical (unpaired) electrons. The molecule has 0 aliphatic heterocycles. The molecule has 0 unspecified atom stereocenters. The molecule has 1 N–H and O–H groups in total. The second-order valence-corrected chi connectivity index (χ2v) is 7.20. The van der Waals surface area contributed by atoms with Crippen molar-refractivity contribution in [3.05, 3.63) is 76.5 Å². The lowest BCUT2D eigenvalue weighted by Gasteiger charge is -2.09. The van der Waals surface area contributed by atoms with Crippen LogP contribution in [-0.2, 0) is 19.5 Å². The fourth-order valence-electron chi connectivity index (χ4n) is 3.26. The first-order chi connectivity index (χ1) is 14.6. The summed E-state index contributed by atoms with van der Waals surface area (Å²) in [6, 6.07) is 13.0. The second-order valence-electron chi connectivity index (χ2n) is 6.86. The number of halogens is 2. The Morgan fingerprint density at radius 3 is 2.57 bits per heavy atom. The zero-order valence-corrected chi connectivity index (χ0v) is 17.4. The van der Waals surface area contributed by atoms with Gasteiger partial charge in [-0.3, -0.25) is 0 Å². The van der Waals surface area contributed by atoms with Gasteiger partial charge in [-0.25, -0.2) is 9.07 Å². The van der Waals surface area contributed by atoms with E-state index in [0.717, 1.165) is 22.3 Å². The van der Waals surface area contributed by atoms with Crippen LogP contribution < -0.4 is 10.1 Å².